The van der Waals surface area contributed by atoms with Crippen molar-refractivity contribution in [3.05, 3.63) is 29.3 Å². The third-order valence-electron chi connectivity index (χ3n) is 4.38. The van der Waals surface area contributed by atoms with Gasteiger partial charge in [0.2, 0.25) is 0 Å². The number of nitrogens with zero attached hydrogens (tertiary/aromatic N) is 3. The van der Waals surface area contributed by atoms with E-state index in [4.69, 9.17) is 16.3 Å². The van der Waals surface area contributed by atoms with Crippen LogP contribution in [0.2, 0.25) is 5.02 Å². The molecular weight excluding hydrogens is 378 g/mol. The van der Waals surface area contributed by atoms with Gasteiger partial charge in [-0.05, 0) is 31.2 Å². The molecule has 146 valence electrons. The smallest absolute Gasteiger partial charge is 0.282 e. The summed E-state index contributed by atoms with van der Waals surface area (Å²) in [4.78, 5) is 14.2. The molecule has 7 nitrogen and oxygen atoms in total. The second kappa shape index (κ2) is 9.03. The number of piperazine rings is 1. The first kappa shape index (κ1) is 21.0. The van der Waals surface area contributed by atoms with E-state index in [0.29, 0.717) is 37.0 Å². The number of hydrogen-bond donors (Lipinski definition) is 0. The normalized spacial score (nSPS) is 17.3. The van der Waals surface area contributed by atoms with E-state index in [1.807, 2.05) is 13.8 Å². The van der Waals surface area contributed by atoms with Gasteiger partial charge in [0, 0.05) is 44.3 Å². The number of carbonyl (C=O) groups is 1. The molecule has 26 heavy (non-hydrogen) atoms. The van der Waals surface area contributed by atoms with Gasteiger partial charge in [0.15, 0.2) is 6.10 Å². The average molecular weight is 404 g/mol. The number of ether oxygens (including phenoxy) is 1. The molecule has 2 rings (SSSR count). The van der Waals surface area contributed by atoms with Crippen LogP contribution in [0.4, 0.5) is 0 Å². The van der Waals surface area contributed by atoms with Gasteiger partial charge in [-0.3, -0.25) is 4.79 Å². The zero-order valence-corrected chi connectivity index (χ0v) is 17.0. The Morgan fingerprint density at radius 2 is 1.69 bits per heavy atom. The first-order chi connectivity index (χ1) is 12.3. The van der Waals surface area contributed by atoms with E-state index in [-0.39, 0.29) is 19.0 Å². The fourth-order valence-corrected chi connectivity index (χ4v) is 4.61. The van der Waals surface area contributed by atoms with Crippen molar-refractivity contribution in [3.63, 3.8) is 0 Å². The van der Waals surface area contributed by atoms with Crippen LogP contribution < -0.4 is 4.74 Å². The Kier molecular flexibility index (Phi) is 7.28. The molecule has 0 radical (unpaired) electrons. The van der Waals surface area contributed by atoms with Crippen LogP contribution in [-0.2, 0) is 15.0 Å². The Morgan fingerprint density at radius 1 is 1.15 bits per heavy atom. The molecule has 0 aromatic heterocycles. The van der Waals surface area contributed by atoms with E-state index < -0.39 is 16.3 Å². The number of amides is 1. The molecule has 1 fully saturated rings. The third kappa shape index (κ3) is 4.88. The molecule has 1 aliphatic heterocycles. The van der Waals surface area contributed by atoms with Crippen LogP contribution in [0.25, 0.3) is 0 Å². The van der Waals surface area contributed by atoms with E-state index in [2.05, 4.69) is 0 Å². The third-order valence-corrected chi connectivity index (χ3v) is 6.82. The molecule has 1 aliphatic rings. The molecule has 1 amide bonds. The van der Waals surface area contributed by atoms with E-state index >= 15 is 0 Å². The van der Waals surface area contributed by atoms with Crippen LogP contribution >= 0.6 is 11.6 Å². The van der Waals surface area contributed by atoms with Gasteiger partial charge in [-0.15, -0.1) is 0 Å². The van der Waals surface area contributed by atoms with E-state index in [0.717, 1.165) is 0 Å². The molecule has 1 atom stereocenters. The summed E-state index contributed by atoms with van der Waals surface area (Å²) in [6.07, 6.45) is -0.651. The summed E-state index contributed by atoms with van der Waals surface area (Å²) in [5.74, 6) is 0.415. The van der Waals surface area contributed by atoms with Crippen molar-refractivity contribution in [2.75, 3.05) is 39.3 Å². The van der Waals surface area contributed by atoms with Gasteiger partial charge in [0.25, 0.3) is 16.1 Å². The Hall–Kier alpha value is -1.35. The number of hydrogen-bond acceptors (Lipinski definition) is 4. The van der Waals surface area contributed by atoms with Crippen molar-refractivity contribution in [1.82, 2.24) is 13.5 Å². The predicted octanol–water partition coefficient (Wildman–Crippen LogP) is 1.84. The van der Waals surface area contributed by atoms with Crippen molar-refractivity contribution < 1.29 is 17.9 Å². The van der Waals surface area contributed by atoms with Crippen molar-refractivity contribution in [1.29, 1.82) is 0 Å². The summed E-state index contributed by atoms with van der Waals surface area (Å²) < 4.78 is 33.6. The second-order valence-electron chi connectivity index (χ2n) is 6.03. The molecule has 1 heterocycles. The average Bonchev–Trinajstić information content (AvgIpc) is 2.64. The lowest BCUT2D eigenvalue weighted by atomic mass is 10.2. The molecule has 1 aromatic rings. The molecule has 1 unspecified atom stereocenters. The highest BCUT2D eigenvalue weighted by atomic mass is 35.5. The molecule has 0 spiro atoms. The van der Waals surface area contributed by atoms with Crippen molar-refractivity contribution in [2.45, 2.75) is 26.9 Å². The summed E-state index contributed by atoms with van der Waals surface area (Å²) in [6.45, 7) is 7.48. The lowest BCUT2D eigenvalue weighted by Gasteiger charge is -2.37. The molecular formula is C17H26ClN3O4S. The fraction of sp³-hybridized carbons (Fsp3) is 0.588. The monoisotopic (exact) mass is 403 g/mol. The lowest BCUT2D eigenvalue weighted by molar-refractivity contribution is -0.139. The molecule has 0 saturated carbocycles. The standard InChI is InChI=1S/C17H26ClN3O4S/c1-4-20(5-2)26(23,24)21-12-10-19(11-13-21)17(22)14(3)25-16-8-6-15(18)7-9-16/h6-9,14H,4-5,10-13H2,1-3H3. The van der Waals surface area contributed by atoms with E-state index in [9.17, 15) is 13.2 Å². The lowest BCUT2D eigenvalue weighted by Crippen LogP contribution is -2.55. The quantitative estimate of drug-likeness (QED) is 0.696. The Bertz CT molecular complexity index is 699. The number of carbonyl (C=O) groups excluding carboxylic acids is 1. The van der Waals surface area contributed by atoms with Crippen LogP contribution in [0.5, 0.6) is 5.75 Å². The van der Waals surface area contributed by atoms with Crippen LogP contribution in [-0.4, -0.2) is 73.2 Å². The van der Waals surface area contributed by atoms with Gasteiger partial charge < -0.3 is 9.64 Å². The maximum atomic E-state index is 12.6. The van der Waals surface area contributed by atoms with E-state index in [1.54, 1.807) is 36.1 Å². The van der Waals surface area contributed by atoms with Gasteiger partial charge in [-0.2, -0.15) is 17.0 Å². The maximum absolute atomic E-state index is 12.6. The van der Waals surface area contributed by atoms with Gasteiger partial charge in [0.1, 0.15) is 5.75 Å². The SMILES string of the molecule is CCN(CC)S(=O)(=O)N1CCN(C(=O)C(C)Oc2ccc(Cl)cc2)CC1. The highest BCUT2D eigenvalue weighted by Crippen LogP contribution is 2.18. The number of halogens is 1. The molecule has 9 heteroatoms. The van der Waals surface area contributed by atoms with Crippen LogP contribution in [0, 0.1) is 0 Å². The Morgan fingerprint density at radius 3 is 2.19 bits per heavy atom. The molecule has 1 aromatic carbocycles. The second-order valence-corrected chi connectivity index (χ2v) is 8.40. The molecule has 1 saturated heterocycles. The topological polar surface area (TPSA) is 70.2 Å². The minimum Gasteiger partial charge on any atom is -0.481 e. The summed E-state index contributed by atoms with van der Waals surface area (Å²) in [5, 5.41) is 0.599. The zero-order chi connectivity index (χ0) is 19.3. The minimum absolute atomic E-state index is 0.153. The highest BCUT2D eigenvalue weighted by molar-refractivity contribution is 7.86. The minimum atomic E-state index is -3.46. The van der Waals surface area contributed by atoms with Gasteiger partial charge in [-0.25, -0.2) is 0 Å². The van der Waals surface area contributed by atoms with Crippen molar-refractivity contribution in [3.8, 4) is 5.75 Å². The maximum Gasteiger partial charge on any atom is 0.282 e. The zero-order valence-electron chi connectivity index (χ0n) is 15.4. The summed E-state index contributed by atoms with van der Waals surface area (Å²) in [7, 11) is -3.46. The number of benzene rings is 1. The van der Waals surface area contributed by atoms with Gasteiger partial charge in [-0.1, -0.05) is 25.4 Å². The summed E-state index contributed by atoms with van der Waals surface area (Å²) in [6, 6.07) is 6.82. The fourth-order valence-electron chi connectivity index (χ4n) is 2.88. The largest absolute Gasteiger partial charge is 0.481 e. The van der Waals surface area contributed by atoms with Crippen molar-refractivity contribution >= 4 is 27.7 Å². The summed E-state index contributed by atoms with van der Waals surface area (Å²) in [5.41, 5.74) is 0. The molecule has 0 bridgehead atoms. The first-order valence-electron chi connectivity index (χ1n) is 8.75. The van der Waals surface area contributed by atoms with Gasteiger partial charge in [0.05, 0.1) is 0 Å². The highest BCUT2D eigenvalue weighted by Gasteiger charge is 2.33. The molecule has 0 N–H and O–H groups in total. The van der Waals surface area contributed by atoms with E-state index in [1.165, 1.54) is 8.61 Å². The van der Waals surface area contributed by atoms with Crippen LogP contribution in [0.3, 0.4) is 0 Å². The number of rotatable bonds is 7. The van der Waals surface area contributed by atoms with Gasteiger partial charge >= 0.3 is 0 Å². The summed E-state index contributed by atoms with van der Waals surface area (Å²) >= 11 is 5.84. The molecule has 0 aliphatic carbocycles. The Labute approximate surface area is 160 Å². The van der Waals surface area contributed by atoms with Crippen molar-refractivity contribution in [2.24, 2.45) is 0 Å². The van der Waals surface area contributed by atoms with Crippen LogP contribution in [0.15, 0.2) is 24.3 Å². The Balaban J connectivity index is 1.92. The predicted molar refractivity (Wildman–Crippen MR) is 102 cm³/mol. The first-order valence-corrected chi connectivity index (χ1v) is 10.5. The van der Waals surface area contributed by atoms with Crippen LogP contribution in [0.1, 0.15) is 20.8 Å².